The molecule has 0 aliphatic carbocycles. The highest BCUT2D eigenvalue weighted by atomic mass is 16.6. The number of rotatable bonds is 11. The summed E-state index contributed by atoms with van der Waals surface area (Å²) in [5.41, 5.74) is 2.96. The van der Waals surface area contributed by atoms with Crippen LogP contribution in [0.4, 0.5) is 10.5 Å². The first-order valence-corrected chi connectivity index (χ1v) is 13.7. The van der Waals surface area contributed by atoms with Gasteiger partial charge in [-0.25, -0.2) is 4.79 Å². The number of aryl methyl sites for hydroxylation is 3. The molecule has 2 rings (SSSR count). The molecular formula is C31H45N3O5. The van der Waals surface area contributed by atoms with Crippen molar-refractivity contribution >= 4 is 23.6 Å². The smallest absolute Gasteiger partial charge is 0.408 e. The van der Waals surface area contributed by atoms with Crippen LogP contribution in [0.15, 0.2) is 36.4 Å². The molecule has 0 saturated carbocycles. The van der Waals surface area contributed by atoms with Gasteiger partial charge in [-0.05, 0) is 89.3 Å². The molecule has 0 heterocycles. The number of hydrogen-bond acceptors (Lipinski definition) is 5. The Labute approximate surface area is 233 Å². The van der Waals surface area contributed by atoms with Crippen LogP contribution >= 0.6 is 0 Å². The maximum Gasteiger partial charge on any atom is 0.408 e. The van der Waals surface area contributed by atoms with Crippen LogP contribution in [-0.4, -0.2) is 46.1 Å². The molecule has 3 N–H and O–H groups in total. The third-order valence-electron chi connectivity index (χ3n) is 6.47. The molecule has 0 fully saturated rings. The minimum absolute atomic E-state index is 0.105. The third kappa shape index (κ3) is 9.30. The number of nitrogens with one attached hydrogen (secondary N) is 2. The van der Waals surface area contributed by atoms with Gasteiger partial charge in [0, 0.05) is 12.2 Å². The predicted molar refractivity (Wildman–Crippen MR) is 155 cm³/mol. The van der Waals surface area contributed by atoms with Crippen molar-refractivity contribution < 1.29 is 24.2 Å². The zero-order valence-electron chi connectivity index (χ0n) is 24.7. The molecule has 2 unspecified atom stereocenters. The number of alkyl carbamates (subject to hydrolysis) is 1. The first kappa shape index (κ1) is 31.7. The second kappa shape index (κ2) is 14.0. The summed E-state index contributed by atoms with van der Waals surface area (Å²) >= 11 is 0. The van der Waals surface area contributed by atoms with Crippen molar-refractivity contribution in [1.29, 1.82) is 0 Å². The summed E-state index contributed by atoms with van der Waals surface area (Å²) in [6.07, 6.45) is 2.92. The van der Waals surface area contributed by atoms with Gasteiger partial charge in [0.1, 0.15) is 23.4 Å². The van der Waals surface area contributed by atoms with Crippen LogP contribution in [0.5, 0.6) is 5.75 Å². The Morgan fingerprint density at radius 3 is 2.18 bits per heavy atom. The van der Waals surface area contributed by atoms with E-state index in [-0.39, 0.29) is 11.7 Å². The summed E-state index contributed by atoms with van der Waals surface area (Å²) in [6, 6.07) is 8.77. The minimum atomic E-state index is -0.986. The molecule has 3 amide bonds. The standard InChI is InChI=1S/C31H45N3O5/c1-9-10-11-12-18-34(29(37)23(5)32-30(38)39-31(6,7)8)27(24-16-17-25(35)22(4)19-24)28(36)33-26-20(2)14-13-15-21(26)3/h13-17,19,23,27,35H,9-12,18H2,1-8H3,(H,32,38)(H,33,36). The lowest BCUT2D eigenvalue weighted by molar-refractivity contribution is -0.140. The summed E-state index contributed by atoms with van der Waals surface area (Å²) < 4.78 is 5.35. The van der Waals surface area contributed by atoms with E-state index >= 15 is 0 Å². The topological polar surface area (TPSA) is 108 Å². The van der Waals surface area contributed by atoms with E-state index in [0.717, 1.165) is 30.4 Å². The number of phenols is 1. The van der Waals surface area contributed by atoms with Crippen LogP contribution in [0.25, 0.3) is 0 Å². The number of carbonyl (C=O) groups excluding carboxylic acids is 3. The van der Waals surface area contributed by atoms with E-state index in [1.165, 1.54) is 11.0 Å². The largest absolute Gasteiger partial charge is 0.508 e. The molecule has 0 radical (unpaired) electrons. The number of anilines is 1. The van der Waals surface area contributed by atoms with Crippen molar-refractivity contribution in [3.05, 3.63) is 58.7 Å². The van der Waals surface area contributed by atoms with Gasteiger partial charge >= 0.3 is 6.09 Å². The molecule has 0 aliphatic heterocycles. The molecule has 0 bridgehead atoms. The lowest BCUT2D eigenvalue weighted by atomic mass is 9.99. The second-order valence-electron chi connectivity index (χ2n) is 11.2. The number of amides is 3. The summed E-state index contributed by atoms with van der Waals surface area (Å²) in [6.45, 7) is 14.9. The fraction of sp³-hybridized carbons (Fsp3) is 0.516. The zero-order valence-corrected chi connectivity index (χ0v) is 24.7. The average molecular weight is 540 g/mol. The van der Waals surface area contributed by atoms with E-state index in [1.54, 1.807) is 46.8 Å². The van der Waals surface area contributed by atoms with Gasteiger partial charge < -0.3 is 25.4 Å². The number of para-hydroxylation sites is 1. The molecule has 2 aromatic carbocycles. The number of benzene rings is 2. The maximum absolute atomic E-state index is 14.0. The molecule has 8 nitrogen and oxygen atoms in total. The van der Waals surface area contributed by atoms with Crippen LogP contribution in [0.3, 0.4) is 0 Å². The van der Waals surface area contributed by atoms with E-state index in [0.29, 0.717) is 29.8 Å². The molecule has 2 atom stereocenters. The fourth-order valence-corrected chi connectivity index (χ4v) is 4.40. The molecule has 2 aromatic rings. The molecular weight excluding hydrogens is 494 g/mol. The molecule has 0 spiro atoms. The molecule has 0 aliphatic rings. The number of carbonyl (C=O) groups is 3. The summed E-state index contributed by atoms with van der Waals surface area (Å²) in [5.74, 6) is -0.663. The number of hydrogen-bond donors (Lipinski definition) is 3. The van der Waals surface area contributed by atoms with Crippen LogP contribution in [0.2, 0.25) is 0 Å². The van der Waals surface area contributed by atoms with Crippen molar-refractivity contribution in [3.8, 4) is 5.75 Å². The maximum atomic E-state index is 14.0. The Hall–Kier alpha value is -3.55. The van der Waals surface area contributed by atoms with E-state index in [2.05, 4.69) is 17.6 Å². The fourth-order valence-electron chi connectivity index (χ4n) is 4.40. The Morgan fingerprint density at radius 1 is 0.974 bits per heavy atom. The van der Waals surface area contributed by atoms with Crippen molar-refractivity contribution in [2.45, 2.75) is 98.8 Å². The van der Waals surface area contributed by atoms with E-state index < -0.39 is 29.7 Å². The lowest BCUT2D eigenvalue weighted by Crippen LogP contribution is -2.51. The molecule has 214 valence electrons. The van der Waals surface area contributed by atoms with Crippen LogP contribution in [0, 0.1) is 20.8 Å². The minimum Gasteiger partial charge on any atom is -0.508 e. The highest BCUT2D eigenvalue weighted by Crippen LogP contribution is 2.30. The van der Waals surface area contributed by atoms with Crippen molar-refractivity contribution in [2.75, 3.05) is 11.9 Å². The van der Waals surface area contributed by atoms with Gasteiger partial charge in [-0.15, -0.1) is 0 Å². The Balaban J connectivity index is 2.51. The van der Waals surface area contributed by atoms with Crippen LogP contribution in [0.1, 0.15) is 88.6 Å². The van der Waals surface area contributed by atoms with E-state index in [4.69, 9.17) is 4.74 Å². The van der Waals surface area contributed by atoms with Gasteiger partial charge in [-0.1, -0.05) is 50.5 Å². The first-order chi connectivity index (χ1) is 18.2. The Morgan fingerprint density at radius 2 is 1.62 bits per heavy atom. The van der Waals surface area contributed by atoms with Crippen molar-refractivity contribution in [3.63, 3.8) is 0 Å². The number of unbranched alkanes of at least 4 members (excludes halogenated alkanes) is 3. The van der Waals surface area contributed by atoms with E-state index in [9.17, 15) is 19.5 Å². The average Bonchev–Trinajstić information content (AvgIpc) is 2.83. The zero-order chi connectivity index (χ0) is 29.3. The van der Waals surface area contributed by atoms with Gasteiger partial charge in [-0.2, -0.15) is 0 Å². The molecule has 8 heteroatoms. The van der Waals surface area contributed by atoms with Gasteiger partial charge in [0.2, 0.25) is 5.91 Å². The van der Waals surface area contributed by atoms with Gasteiger partial charge in [0.15, 0.2) is 0 Å². The van der Waals surface area contributed by atoms with Crippen molar-refractivity contribution in [2.24, 2.45) is 0 Å². The predicted octanol–water partition coefficient (Wildman–Crippen LogP) is 6.32. The quantitative estimate of drug-likeness (QED) is 0.290. The van der Waals surface area contributed by atoms with E-state index in [1.807, 2.05) is 32.0 Å². The normalized spacial score (nSPS) is 12.8. The number of nitrogens with zero attached hydrogens (tertiary/aromatic N) is 1. The number of aromatic hydroxyl groups is 1. The second-order valence-corrected chi connectivity index (χ2v) is 11.2. The van der Waals surface area contributed by atoms with Crippen molar-refractivity contribution in [1.82, 2.24) is 10.2 Å². The Bertz CT molecular complexity index is 1140. The Kier molecular flexibility index (Phi) is 11.4. The van der Waals surface area contributed by atoms with Gasteiger partial charge in [0.25, 0.3) is 5.91 Å². The van der Waals surface area contributed by atoms with Crippen LogP contribution in [-0.2, 0) is 14.3 Å². The van der Waals surface area contributed by atoms with Gasteiger partial charge in [-0.3, -0.25) is 9.59 Å². The summed E-state index contributed by atoms with van der Waals surface area (Å²) in [4.78, 5) is 41.9. The molecule has 0 saturated heterocycles. The highest BCUT2D eigenvalue weighted by Gasteiger charge is 2.35. The number of ether oxygens (including phenoxy) is 1. The summed E-state index contributed by atoms with van der Waals surface area (Å²) in [5, 5.41) is 15.8. The summed E-state index contributed by atoms with van der Waals surface area (Å²) in [7, 11) is 0. The third-order valence-corrected chi connectivity index (χ3v) is 6.47. The van der Waals surface area contributed by atoms with Gasteiger partial charge in [0.05, 0.1) is 0 Å². The molecule has 39 heavy (non-hydrogen) atoms. The SMILES string of the molecule is CCCCCCN(C(=O)C(C)NC(=O)OC(C)(C)C)C(C(=O)Nc1c(C)cccc1C)c1ccc(O)c(C)c1. The monoisotopic (exact) mass is 539 g/mol. The molecule has 0 aromatic heterocycles. The first-order valence-electron chi connectivity index (χ1n) is 13.7. The van der Waals surface area contributed by atoms with Crippen LogP contribution < -0.4 is 10.6 Å². The lowest BCUT2D eigenvalue weighted by Gasteiger charge is -2.34. The number of phenolic OH excluding ortho intramolecular Hbond substituents is 1. The highest BCUT2D eigenvalue weighted by molar-refractivity contribution is 5.99.